The molecule has 2 aromatic rings. The maximum atomic E-state index is 3.98. The third-order valence-corrected chi connectivity index (χ3v) is 16.2. The topological polar surface area (TPSA) is 0 Å². The second-order valence-corrected chi connectivity index (χ2v) is 18.4. The van der Waals surface area contributed by atoms with E-state index in [4.69, 9.17) is 0 Å². The van der Waals surface area contributed by atoms with Crippen LogP contribution in [0.1, 0.15) is 5.56 Å². The van der Waals surface area contributed by atoms with E-state index < -0.39 is 18.4 Å². The van der Waals surface area contributed by atoms with Crippen molar-refractivity contribution in [3.63, 3.8) is 0 Å². The van der Waals surface area contributed by atoms with Gasteiger partial charge in [-0.2, -0.15) is 0 Å². The Kier molecular flexibility index (Phi) is 7.32. The second-order valence-electron chi connectivity index (χ2n) is 6.13. The molecule has 24 heavy (non-hydrogen) atoms. The quantitative estimate of drug-likeness (QED) is 0.305. The number of rotatable bonds is 9. The predicted octanol–water partition coefficient (Wildman–Crippen LogP) is 6.91. The van der Waals surface area contributed by atoms with Gasteiger partial charge in [0.25, 0.3) is 0 Å². The number of allylic oxidation sites excluding steroid dienone is 3. The Morgan fingerprint density at radius 3 is 1.83 bits per heavy atom. The van der Waals surface area contributed by atoms with E-state index in [0.717, 1.165) is 13.3 Å². The fraction of sp³-hybridized carbons (Fsp3) is 0.130. The van der Waals surface area contributed by atoms with Crippen LogP contribution in [0.25, 0.3) is 17.2 Å². The van der Waals surface area contributed by atoms with Crippen LogP contribution in [-0.2, 0) is 0 Å². The first-order valence-corrected chi connectivity index (χ1v) is 16.1. The summed E-state index contributed by atoms with van der Waals surface area (Å²) >= 11 is -2.48. The van der Waals surface area contributed by atoms with Gasteiger partial charge in [-0.25, -0.2) is 0 Å². The Bertz CT molecular complexity index is 683. The average molecular weight is 421 g/mol. The monoisotopic (exact) mass is 422 g/mol. The summed E-state index contributed by atoms with van der Waals surface area (Å²) in [5.74, 6) is 0. The molecular weight excluding hydrogens is 395 g/mol. The molecule has 0 amide bonds. The molecule has 0 heterocycles. The van der Waals surface area contributed by atoms with Gasteiger partial charge in [0.15, 0.2) is 0 Å². The predicted molar refractivity (Wildman–Crippen MR) is 112 cm³/mol. The van der Waals surface area contributed by atoms with Gasteiger partial charge in [-0.15, -0.1) is 0 Å². The summed E-state index contributed by atoms with van der Waals surface area (Å²) < 4.78 is 5.88. The van der Waals surface area contributed by atoms with E-state index in [0.29, 0.717) is 0 Å². The summed E-state index contributed by atoms with van der Waals surface area (Å²) in [6.45, 7) is 11.9. The molecule has 0 nitrogen and oxygen atoms in total. The van der Waals surface area contributed by atoms with Crippen LogP contribution in [0.15, 0.2) is 96.7 Å². The third-order valence-electron chi connectivity index (χ3n) is 4.31. The summed E-state index contributed by atoms with van der Waals surface area (Å²) in [5, 5.41) is 0. The Balaban J connectivity index is 2.41. The number of hydrogen-bond donors (Lipinski definition) is 0. The summed E-state index contributed by atoms with van der Waals surface area (Å²) in [7, 11) is 0. The molecule has 0 N–H and O–H groups in total. The minimum absolute atomic E-state index is 1.12. The van der Waals surface area contributed by atoms with Gasteiger partial charge in [0, 0.05) is 0 Å². The molecule has 0 saturated carbocycles. The summed E-state index contributed by atoms with van der Waals surface area (Å²) in [4.78, 5) is 0. The first-order chi connectivity index (χ1) is 11.7. The van der Waals surface area contributed by atoms with Crippen LogP contribution >= 0.6 is 0 Å². The Labute approximate surface area is 150 Å². The SMILES string of the molecule is C=C[CH2][Sn]([CH]=Cc1ccccc1-c1ccccc1)([CH2]C=C)[CH2]C=C. The van der Waals surface area contributed by atoms with Crippen LogP contribution < -0.4 is 0 Å². The molecule has 0 atom stereocenters. The van der Waals surface area contributed by atoms with Gasteiger partial charge < -0.3 is 0 Å². The van der Waals surface area contributed by atoms with E-state index in [1.807, 2.05) is 0 Å². The zero-order valence-electron chi connectivity index (χ0n) is 14.3. The molecule has 0 aromatic heterocycles. The molecule has 0 aliphatic rings. The molecule has 2 aromatic carbocycles. The molecule has 0 aliphatic heterocycles. The molecule has 0 saturated heterocycles. The van der Waals surface area contributed by atoms with Gasteiger partial charge >= 0.3 is 151 Å². The van der Waals surface area contributed by atoms with Gasteiger partial charge in [-0.05, 0) is 0 Å². The normalized spacial score (nSPS) is 11.3. The van der Waals surface area contributed by atoms with Crippen LogP contribution in [0, 0.1) is 0 Å². The van der Waals surface area contributed by atoms with Crippen LogP contribution in [0.2, 0.25) is 13.3 Å². The van der Waals surface area contributed by atoms with Crippen molar-refractivity contribution < 1.29 is 0 Å². The van der Waals surface area contributed by atoms with E-state index in [2.05, 4.69) is 103 Å². The average Bonchev–Trinajstić information content (AvgIpc) is 2.62. The van der Waals surface area contributed by atoms with Crippen LogP contribution in [0.5, 0.6) is 0 Å². The van der Waals surface area contributed by atoms with Crippen molar-refractivity contribution in [2.45, 2.75) is 13.3 Å². The molecule has 0 spiro atoms. The number of hydrogen-bond acceptors (Lipinski definition) is 0. The van der Waals surface area contributed by atoms with Gasteiger partial charge in [0.1, 0.15) is 0 Å². The van der Waals surface area contributed by atoms with Crippen molar-refractivity contribution in [3.05, 3.63) is 102 Å². The molecular formula is C23H26Sn. The van der Waals surface area contributed by atoms with Gasteiger partial charge in [0.2, 0.25) is 0 Å². The Morgan fingerprint density at radius 2 is 1.25 bits per heavy atom. The second kappa shape index (κ2) is 9.48. The standard InChI is InChI=1S/C14H11.3C3H5.Sn/c1-2-12-8-6-7-11-14(12)13-9-4-3-5-10-13;3*1-3-2;/h1-11H;3*3H,1-2H2;. The molecule has 122 valence electrons. The Hall–Kier alpha value is -1.80. The Morgan fingerprint density at radius 1 is 0.708 bits per heavy atom. The van der Waals surface area contributed by atoms with Crippen LogP contribution in [0.4, 0.5) is 0 Å². The zero-order valence-corrected chi connectivity index (χ0v) is 17.2. The summed E-state index contributed by atoms with van der Waals surface area (Å²) in [6, 6.07) is 19.2. The maximum absolute atomic E-state index is 3.98. The molecule has 0 unspecified atom stereocenters. The molecule has 0 aliphatic carbocycles. The molecule has 0 radical (unpaired) electrons. The van der Waals surface area contributed by atoms with Gasteiger partial charge in [-0.3, -0.25) is 0 Å². The van der Waals surface area contributed by atoms with E-state index in [-0.39, 0.29) is 0 Å². The van der Waals surface area contributed by atoms with Crippen molar-refractivity contribution in [2.75, 3.05) is 0 Å². The zero-order chi connectivity index (χ0) is 17.3. The van der Waals surface area contributed by atoms with Crippen molar-refractivity contribution in [1.82, 2.24) is 0 Å². The van der Waals surface area contributed by atoms with Crippen LogP contribution in [0.3, 0.4) is 0 Å². The van der Waals surface area contributed by atoms with Crippen molar-refractivity contribution >= 4 is 24.5 Å². The summed E-state index contributed by atoms with van der Waals surface area (Å²) in [6.07, 6.45) is 8.57. The minimum atomic E-state index is -2.48. The van der Waals surface area contributed by atoms with Crippen LogP contribution in [-0.4, -0.2) is 18.4 Å². The van der Waals surface area contributed by atoms with Gasteiger partial charge in [0.05, 0.1) is 0 Å². The van der Waals surface area contributed by atoms with Crippen molar-refractivity contribution in [1.29, 1.82) is 0 Å². The van der Waals surface area contributed by atoms with E-state index in [9.17, 15) is 0 Å². The first kappa shape index (κ1) is 18.5. The third kappa shape index (κ3) is 4.85. The molecule has 1 heteroatoms. The molecule has 2 rings (SSSR count). The van der Waals surface area contributed by atoms with Crippen molar-refractivity contribution in [3.8, 4) is 11.1 Å². The van der Waals surface area contributed by atoms with Crippen molar-refractivity contribution in [2.24, 2.45) is 0 Å². The van der Waals surface area contributed by atoms with E-state index in [1.54, 1.807) is 0 Å². The first-order valence-electron chi connectivity index (χ1n) is 8.41. The fourth-order valence-electron chi connectivity index (χ4n) is 3.11. The molecule has 0 bridgehead atoms. The summed E-state index contributed by atoms with van der Waals surface area (Å²) in [5.41, 5.74) is 3.82. The fourth-order valence-corrected chi connectivity index (χ4v) is 12.1. The molecule has 0 fully saturated rings. The van der Waals surface area contributed by atoms with E-state index in [1.165, 1.54) is 16.7 Å². The van der Waals surface area contributed by atoms with E-state index >= 15 is 0 Å². The van der Waals surface area contributed by atoms with Gasteiger partial charge in [-0.1, -0.05) is 0 Å². The number of benzene rings is 2.